The van der Waals surface area contributed by atoms with Crippen LogP contribution in [0, 0.1) is 0 Å². The summed E-state index contributed by atoms with van der Waals surface area (Å²) < 4.78 is 7.49. The number of rotatable bonds is 15. The smallest absolute Gasteiger partial charge is 0.220 e. The number of carbonyl (C=O) groups excluding carboxylic acids is 2. The van der Waals surface area contributed by atoms with Gasteiger partial charge in [-0.15, -0.1) is 0 Å². The van der Waals surface area contributed by atoms with Gasteiger partial charge in [0.25, 0.3) is 0 Å². The molecule has 52 heavy (non-hydrogen) atoms. The highest BCUT2D eigenvalue weighted by Gasteiger charge is 2.22. The van der Waals surface area contributed by atoms with Crippen LogP contribution >= 0.6 is 11.6 Å². The second-order valence-electron chi connectivity index (χ2n) is 13.8. The number of piperazine rings is 1. The van der Waals surface area contributed by atoms with Gasteiger partial charge < -0.3 is 25.6 Å². The maximum Gasteiger partial charge on any atom is 0.220 e. The Labute approximate surface area is 312 Å². The molecular formula is C40H53ClN8O3. The molecule has 2 aliphatic rings. The van der Waals surface area contributed by atoms with Crippen molar-refractivity contribution >= 4 is 40.1 Å². The van der Waals surface area contributed by atoms with Crippen molar-refractivity contribution in [3.05, 3.63) is 76.1 Å². The normalized spacial score (nSPS) is 15.9. The summed E-state index contributed by atoms with van der Waals surface area (Å²) in [5.74, 6) is -0.359. The molecule has 6 rings (SSSR count). The molecule has 4 heterocycles. The third-order valence-corrected chi connectivity index (χ3v) is 10.6. The third kappa shape index (κ3) is 9.49. The molecule has 2 aromatic heterocycles. The molecule has 0 atom stereocenters. The van der Waals surface area contributed by atoms with Gasteiger partial charge in [-0.2, -0.15) is 5.10 Å². The van der Waals surface area contributed by atoms with E-state index in [1.54, 1.807) is 0 Å². The number of halogens is 1. The molecule has 0 unspecified atom stereocenters. The molecule has 2 fully saturated rings. The van der Waals surface area contributed by atoms with Crippen molar-refractivity contribution in [3.63, 3.8) is 0 Å². The molecule has 0 spiro atoms. The maximum atomic E-state index is 13.0. The van der Waals surface area contributed by atoms with Crippen LogP contribution < -0.4 is 16.0 Å². The minimum Gasteiger partial charge on any atom is -0.381 e. The van der Waals surface area contributed by atoms with Crippen molar-refractivity contribution in [1.82, 2.24) is 35.2 Å². The predicted molar refractivity (Wildman–Crippen MR) is 207 cm³/mol. The number of fused-ring (bicyclic) bond motifs is 1. The number of ether oxygens (including phenoxy) is 1. The first-order valence-electron chi connectivity index (χ1n) is 18.9. The van der Waals surface area contributed by atoms with Gasteiger partial charge in [-0.05, 0) is 67.6 Å². The van der Waals surface area contributed by atoms with Crippen LogP contribution in [0.4, 0.5) is 5.69 Å². The third-order valence-electron chi connectivity index (χ3n) is 10.3. The summed E-state index contributed by atoms with van der Waals surface area (Å²) in [4.78, 5) is 35.9. The van der Waals surface area contributed by atoms with Crippen LogP contribution in [-0.2, 0) is 46.9 Å². The summed E-state index contributed by atoms with van der Waals surface area (Å²) in [6.45, 7) is 15.6. The van der Waals surface area contributed by atoms with E-state index in [4.69, 9.17) is 21.3 Å². The van der Waals surface area contributed by atoms with Crippen molar-refractivity contribution in [2.75, 3.05) is 51.3 Å². The minimum atomic E-state index is -0.181. The van der Waals surface area contributed by atoms with Crippen LogP contribution in [0.25, 0.3) is 22.2 Å². The molecule has 4 aromatic rings. The molecule has 2 saturated heterocycles. The molecular weight excluding hydrogens is 676 g/mol. The van der Waals surface area contributed by atoms with E-state index in [-0.39, 0.29) is 30.7 Å². The lowest BCUT2D eigenvalue weighted by atomic mass is 10.0. The molecule has 0 radical (unpaired) electrons. The van der Waals surface area contributed by atoms with Crippen molar-refractivity contribution in [2.45, 2.75) is 85.1 Å². The summed E-state index contributed by atoms with van der Waals surface area (Å²) >= 11 is 6.68. The van der Waals surface area contributed by atoms with Gasteiger partial charge in [0, 0.05) is 106 Å². The number of nitrogens with one attached hydrogen (secondary N) is 3. The molecule has 0 bridgehead atoms. The van der Waals surface area contributed by atoms with Gasteiger partial charge in [0.15, 0.2) is 5.65 Å². The Morgan fingerprint density at radius 1 is 0.885 bits per heavy atom. The van der Waals surface area contributed by atoms with E-state index >= 15 is 0 Å². The average molecular weight is 729 g/mol. The van der Waals surface area contributed by atoms with E-state index in [0.717, 1.165) is 123 Å². The summed E-state index contributed by atoms with van der Waals surface area (Å²) in [6, 6.07) is 14.7. The van der Waals surface area contributed by atoms with Crippen molar-refractivity contribution < 1.29 is 14.3 Å². The number of hydrogen-bond donors (Lipinski definition) is 3. The van der Waals surface area contributed by atoms with E-state index in [9.17, 15) is 9.59 Å². The molecule has 2 amide bonds. The summed E-state index contributed by atoms with van der Waals surface area (Å²) in [5, 5.41) is 16.0. The Bertz CT molecular complexity index is 1830. The standard InChI is InChI=1S/C40H53ClN8O3/c1-4-36-33(39(45-31-14-20-52-21-15-31)34-26-44-49(6-3)40(34)46-36)25-43-38(51)13-12-37(50)42-24-28-10-11-35(41)32(23-28)30-9-7-8-29(22-30)27-48-18-16-47(5-2)17-19-48/h7-11,22-23,26,31H,4-6,12-21,24-25,27H2,1-3H3,(H,42,50)(H,43,51)(H,45,46). The van der Waals surface area contributed by atoms with Crippen LogP contribution in [0.15, 0.2) is 48.7 Å². The molecule has 12 heteroatoms. The summed E-state index contributed by atoms with van der Waals surface area (Å²) in [7, 11) is 0. The van der Waals surface area contributed by atoms with Crippen LogP contribution in [0.1, 0.15) is 68.8 Å². The minimum absolute atomic E-state index is 0.0889. The van der Waals surface area contributed by atoms with Gasteiger partial charge in [-0.3, -0.25) is 14.5 Å². The van der Waals surface area contributed by atoms with E-state index in [2.05, 4.69) is 75.9 Å². The number of aromatic nitrogens is 3. The van der Waals surface area contributed by atoms with Crippen LogP contribution in [-0.4, -0.2) is 88.4 Å². The Morgan fingerprint density at radius 2 is 1.62 bits per heavy atom. The highest BCUT2D eigenvalue weighted by molar-refractivity contribution is 6.33. The lowest BCUT2D eigenvalue weighted by Gasteiger charge is -2.34. The zero-order valence-corrected chi connectivity index (χ0v) is 31.6. The quantitative estimate of drug-likeness (QED) is 0.141. The highest BCUT2D eigenvalue weighted by atomic mass is 35.5. The maximum absolute atomic E-state index is 13.0. The number of pyridine rings is 1. The average Bonchev–Trinajstić information content (AvgIpc) is 3.60. The van der Waals surface area contributed by atoms with Crippen molar-refractivity contribution in [1.29, 1.82) is 0 Å². The van der Waals surface area contributed by atoms with Gasteiger partial charge in [0.05, 0.1) is 17.3 Å². The fraction of sp³-hybridized carbons (Fsp3) is 0.500. The first-order chi connectivity index (χ1) is 25.3. The predicted octanol–water partition coefficient (Wildman–Crippen LogP) is 5.78. The number of amides is 2. The fourth-order valence-corrected chi connectivity index (χ4v) is 7.38. The van der Waals surface area contributed by atoms with Crippen LogP contribution in [0.2, 0.25) is 5.02 Å². The monoisotopic (exact) mass is 728 g/mol. The largest absolute Gasteiger partial charge is 0.381 e. The number of anilines is 1. The molecule has 3 N–H and O–H groups in total. The SMILES string of the molecule is CCc1nc2c(cnn2CC)c(NC2CCOCC2)c1CNC(=O)CCC(=O)NCc1ccc(Cl)c(-c2cccc(CN3CCN(CC)CC3)c2)c1. The molecule has 11 nitrogen and oxygen atoms in total. The second-order valence-corrected chi connectivity index (χ2v) is 14.2. The fourth-order valence-electron chi connectivity index (χ4n) is 7.15. The van der Waals surface area contributed by atoms with Crippen LogP contribution in [0.5, 0.6) is 0 Å². The lowest BCUT2D eigenvalue weighted by molar-refractivity contribution is -0.126. The Hall–Kier alpha value is -4.03. The summed E-state index contributed by atoms with van der Waals surface area (Å²) in [6.07, 6.45) is 4.59. The van der Waals surface area contributed by atoms with Crippen molar-refractivity contribution in [2.24, 2.45) is 0 Å². The van der Waals surface area contributed by atoms with Gasteiger partial charge in [-0.25, -0.2) is 9.67 Å². The number of carbonyl (C=O) groups is 2. The topological polar surface area (TPSA) is 117 Å². The number of aryl methyl sites for hydroxylation is 2. The van der Waals surface area contributed by atoms with Crippen molar-refractivity contribution in [3.8, 4) is 11.1 Å². The lowest BCUT2D eigenvalue weighted by Crippen LogP contribution is -2.45. The molecule has 2 aromatic carbocycles. The van der Waals surface area contributed by atoms with Gasteiger partial charge in [0.1, 0.15) is 0 Å². The van der Waals surface area contributed by atoms with Gasteiger partial charge in [0.2, 0.25) is 11.8 Å². The number of likely N-dealkylation sites (N-methyl/N-ethyl adjacent to an activating group) is 1. The number of nitrogens with zero attached hydrogens (tertiary/aromatic N) is 5. The number of hydrogen-bond acceptors (Lipinski definition) is 8. The van der Waals surface area contributed by atoms with E-state index in [1.807, 2.05) is 29.1 Å². The number of benzene rings is 2. The Balaban J connectivity index is 1.03. The Morgan fingerprint density at radius 3 is 2.33 bits per heavy atom. The van der Waals surface area contributed by atoms with Crippen LogP contribution in [0.3, 0.4) is 0 Å². The Kier molecular flexibility index (Phi) is 13.2. The molecule has 0 saturated carbocycles. The van der Waals surface area contributed by atoms with Gasteiger partial charge >= 0.3 is 0 Å². The first kappa shape index (κ1) is 37.7. The first-order valence-corrected chi connectivity index (χ1v) is 19.3. The molecule has 278 valence electrons. The highest BCUT2D eigenvalue weighted by Crippen LogP contribution is 2.32. The zero-order chi connectivity index (χ0) is 36.5. The van der Waals surface area contributed by atoms with Gasteiger partial charge in [-0.1, -0.05) is 49.7 Å². The molecule has 2 aliphatic heterocycles. The van der Waals surface area contributed by atoms with E-state index < -0.39 is 0 Å². The molecule has 0 aliphatic carbocycles. The van der Waals surface area contributed by atoms with E-state index in [0.29, 0.717) is 18.1 Å². The summed E-state index contributed by atoms with van der Waals surface area (Å²) in [5.41, 5.74) is 7.93. The van der Waals surface area contributed by atoms with E-state index in [1.165, 1.54) is 5.56 Å². The second kappa shape index (κ2) is 18.1. The zero-order valence-electron chi connectivity index (χ0n) is 30.8.